The Kier molecular flexibility index (Phi) is 4.05. The molecule has 2 aliphatic heterocycles. The highest BCUT2D eigenvalue weighted by Crippen LogP contribution is 2.40. The minimum Gasteiger partial charge on any atom is -0.340 e. The lowest BCUT2D eigenvalue weighted by Gasteiger charge is -2.54. The normalized spacial score (nSPS) is 23.8. The third-order valence-electron chi connectivity index (χ3n) is 4.19. The number of piperidine rings is 1. The second-order valence-electron chi connectivity index (χ2n) is 5.62. The van der Waals surface area contributed by atoms with Crippen LogP contribution in [0.4, 0.5) is 0 Å². The Morgan fingerprint density at radius 3 is 2.47 bits per heavy atom. The van der Waals surface area contributed by atoms with Gasteiger partial charge in [0.05, 0.1) is 6.54 Å². The van der Waals surface area contributed by atoms with Gasteiger partial charge in [0.15, 0.2) is 0 Å². The summed E-state index contributed by atoms with van der Waals surface area (Å²) in [4.78, 5) is 16.2. The number of carbonyl (C=O) groups excluding carboxylic acids is 1. The van der Waals surface area contributed by atoms with E-state index in [0.29, 0.717) is 12.0 Å². The number of hydrogen-bond donors (Lipinski definition) is 1. The number of likely N-dealkylation sites (N-methyl/N-ethyl adjacent to an activating group) is 1. The van der Waals surface area contributed by atoms with E-state index in [1.54, 1.807) is 0 Å². The van der Waals surface area contributed by atoms with E-state index in [1.807, 2.05) is 11.9 Å². The topological polar surface area (TPSA) is 35.6 Å². The zero-order valence-corrected chi connectivity index (χ0v) is 11.2. The van der Waals surface area contributed by atoms with Crippen LogP contribution < -0.4 is 5.32 Å². The number of carbonyl (C=O) groups is 1. The molecule has 17 heavy (non-hydrogen) atoms. The molecule has 0 radical (unpaired) electrons. The SMILES string of the molecule is CCCN1CCC2(CC1)CN(C(=O)CNC)C2. The van der Waals surface area contributed by atoms with Gasteiger partial charge in [0, 0.05) is 18.5 Å². The van der Waals surface area contributed by atoms with Crippen LogP contribution >= 0.6 is 0 Å². The lowest BCUT2D eigenvalue weighted by atomic mass is 9.72. The molecule has 2 saturated heterocycles. The zero-order valence-electron chi connectivity index (χ0n) is 11.2. The highest BCUT2D eigenvalue weighted by Gasteiger charge is 2.46. The van der Waals surface area contributed by atoms with Crippen LogP contribution in [0.1, 0.15) is 26.2 Å². The minimum absolute atomic E-state index is 0.258. The molecule has 0 aliphatic carbocycles. The number of rotatable bonds is 4. The summed E-state index contributed by atoms with van der Waals surface area (Å²) in [5.41, 5.74) is 0.466. The summed E-state index contributed by atoms with van der Waals surface area (Å²) in [6.07, 6.45) is 3.80. The van der Waals surface area contributed by atoms with Gasteiger partial charge in [-0.1, -0.05) is 6.92 Å². The van der Waals surface area contributed by atoms with Gasteiger partial charge >= 0.3 is 0 Å². The van der Waals surface area contributed by atoms with Gasteiger partial charge in [-0.2, -0.15) is 0 Å². The summed E-state index contributed by atoms with van der Waals surface area (Å²) in [7, 11) is 1.83. The van der Waals surface area contributed by atoms with E-state index in [2.05, 4.69) is 17.1 Å². The van der Waals surface area contributed by atoms with Gasteiger partial charge < -0.3 is 15.1 Å². The number of likely N-dealkylation sites (tertiary alicyclic amines) is 2. The highest BCUT2D eigenvalue weighted by atomic mass is 16.2. The largest absolute Gasteiger partial charge is 0.340 e. The van der Waals surface area contributed by atoms with E-state index in [4.69, 9.17) is 0 Å². The van der Waals surface area contributed by atoms with Crippen LogP contribution in [0.15, 0.2) is 0 Å². The molecule has 1 N–H and O–H groups in total. The maximum Gasteiger partial charge on any atom is 0.236 e. The molecule has 98 valence electrons. The fraction of sp³-hybridized carbons (Fsp3) is 0.923. The van der Waals surface area contributed by atoms with Crippen molar-refractivity contribution < 1.29 is 4.79 Å². The van der Waals surface area contributed by atoms with Crippen molar-refractivity contribution in [2.24, 2.45) is 5.41 Å². The van der Waals surface area contributed by atoms with E-state index >= 15 is 0 Å². The monoisotopic (exact) mass is 239 g/mol. The van der Waals surface area contributed by atoms with E-state index < -0.39 is 0 Å². The van der Waals surface area contributed by atoms with Crippen molar-refractivity contribution in [2.75, 3.05) is 46.3 Å². The molecule has 1 spiro atoms. The molecule has 0 bridgehead atoms. The van der Waals surface area contributed by atoms with Crippen LogP contribution in [0.5, 0.6) is 0 Å². The second-order valence-corrected chi connectivity index (χ2v) is 5.62. The molecular weight excluding hydrogens is 214 g/mol. The van der Waals surface area contributed by atoms with Crippen molar-refractivity contribution in [1.82, 2.24) is 15.1 Å². The standard InChI is InChI=1S/C13H25N3O/c1-3-6-15-7-4-13(5-8-15)10-16(11-13)12(17)9-14-2/h14H,3-11H2,1-2H3. The van der Waals surface area contributed by atoms with Crippen molar-refractivity contribution in [1.29, 1.82) is 0 Å². The van der Waals surface area contributed by atoms with E-state index in [-0.39, 0.29) is 5.91 Å². The van der Waals surface area contributed by atoms with Crippen molar-refractivity contribution in [2.45, 2.75) is 26.2 Å². The van der Waals surface area contributed by atoms with E-state index in [9.17, 15) is 4.79 Å². The summed E-state index contributed by atoms with van der Waals surface area (Å²) in [5.74, 6) is 0.258. The molecule has 1 amide bonds. The smallest absolute Gasteiger partial charge is 0.236 e. The van der Waals surface area contributed by atoms with Gasteiger partial charge in [0.2, 0.25) is 5.91 Å². The van der Waals surface area contributed by atoms with Crippen molar-refractivity contribution in [3.05, 3.63) is 0 Å². The van der Waals surface area contributed by atoms with Gasteiger partial charge in [-0.3, -0.25) is 4.79 Å². The maximum atomic E-state index is 11.7. The molecule has 2 heterocycles. The second kappa shape index (κ2) is 5.36. The molecule has 4 nitrogen and oxygen atoms in total. The Morgan fingerprint density at radius 1 is 1.29 bits per heavy atom. The Hall–Kier alpha value is -0.610. The first-order valence-electron chi connectivity index (χ1n) is 6.84. The summed E-state index contributed by atoms with van der Waals surface area (Å²) >= 11 is 0. The van der Waals surface area contributed by atoms with Crippen LogP contribution in [-0.4, -0.2) is 62.0 Å². The average Bonchev–Trinajstić information content (AvgIpc) is 2.28. The predicted octanol–water partition coefficient (Wildman–Crippen LogP) is 0.540. The van der Waals surface area contributed by atoms with E-state index in [0.717, 1.165) is 13.1 Å². The Bertz CT molecular complexity index is 264. The zero-order chi connectivity index (χ0) is 12.3. The van der Waals surface area contributed by atoms with Crippen LogP contribution in [0.3, 0.4) is 0 Å². The van der Waals surface area contributed by atoms with Gasteiger partial charge in [-0.25, -0.2) is 0 Å². The molecule has 2 rings (SSSR count). The number of hydrogen-bond acceptors (Lipinski definition) is 3. The first kappa shape index (κ1) is 12.8. The fourth-order valence-electron chi connectivity index (χ4n) is 3.09. The number of nitrogens with zero attached hydrogens (tertiary/aromatic N) is 2. The van der Waals surface area contributed by atoms with Crippen molar-refractivity contribution >= 4 is 5.91 Å². The maximum absolute atomic E-state index is 11.7. The first-order valence-corrected chi connectivity index (χ1v) is 6.84. The lowest BCUT2D eigenvalue weighted by Crippen LogP contribution is -2.62. The molecule has 2 fully saturated rings. The molecular formula is C13H25N3O. The Labute approximate surface area is 104 Å². The van der Waals surface area contributed by atoms with Crippen LogP contribution in [0.25, 0.3) is 0 Å². The van der Waals surface area contributed by atoms with Crippen LogP contribution in [0, 0.1) is 5.41 Å². The van der Waals surface area contributed by atoms with E-state index in [1.165, 1.54) is 38.9 Å². The predicted molar refractivity (Wildman–Crippen MR) is 68.9 cm³/mol. The minimum atomic E-state index is 0.258. The average molecular weight is 239 g/mol. The molecule has 0 aromatic heterocycles. The Balaban J connectivity index is 1.74. The summed E-state index contributed by atoms with van der Waals surface area (Å²) in [5, 5.41) is 2.93. The highest BCUT2D eigenvalue weighted by molar-refractivity contribution is 5.79. The third-order valence-corrected chi connectivity index (χ3v) is 4.19. The molecule has 2 aliphatic rings. The molecule has 0 unspecified atom stereocenters. The summed E-state index contributed by atoms with van der Waals surface area (Å²) in [6, 6.07) is 0. The van der Waals surface area contributed by atoms with Gasteiger partial charge in [0.1, 0.15) is 0 Å². The van der Waals surface area contributed by atoms with Gasteiger partial charge in [-0.15, -0.1) is 0 Å². The van der Waals surface area contributed by atoms with Crippen molar-refractivity contribution in [3.8, 4) is 0 Å². The molecule has 0 aromatic rings. The molecule has 0 atom stereocenters. The van der Waals surface area contributed by atoms with Crippen LogP contribution in [0.2, 0.25) is 0 Å². The Morgan fingerprint density at radius 2 is 1.94 bits per heavy atom. The summed E-state index contributed by atoms with van der Waals surface area (Å²) < 4.78 is 0. The molecule has 4 heteroatoms. The lowest BCUT2D eigenvalue weighted by molar-refractivity contribution is -0.145. The van der Waals surface area contributed by atoms with Crippen molar-refractivity contribution in [3.63, 3.8) is 0 Å². The van der Waals surface area contributed by atoms with Gasteiger partial charge in [-0.05, 0) is 45.9 Å². The fourth-order valence-corrected chi connectivity index (χ4v) is 3.09. The van der Waals surface area contributed by atoms with Crippen LogP contribution in [-0.2, 0) is 4.79 Å². The quantitative estimate of drug-likeness (QED) is 0.778. The first-order chi connectivity index (χ1) is 8.19. The number of nitrogens with one attached hydrogen (secondary N) is 1. The third kappa shape index (κ3) is 2.80. The van der Waals surface area contributed by atoms with Gasteiger partial charge in [0.25, 0.3) is 0 Å². The molecule has 0 saturated carbocycles. The number of amides is 1. The summed E-state index contributed by atoms with van der Waals surface area (Å²) in [6.45, 7) is 8.40. The molecule has 0 aromatic carbocycles.